The van der Waals surface area contributed by atoms with Crippen LogP contribution in [0.15, 0.2) is 36.5 Å². The summed E-state index contributed by atoms with van der Waals surface area (Å²) in [6.45, 7) is 0. The average molecular weight is 323 g/mol. The number of pyridine rings is 1. The highest BCUT2D eigenvalue weighted by atomic mass is 16.5. The topological polar surface area (TPSA) is 80.3 Å². The summed E-state index contributed by atoms with van der Waals surface area (Å²) in [5.41, 5.74) is 2.41. The molecule has 4 rings (SSSR count). The molecule has 0 atom stereocenters. The van der Waals surface area contributed by atoms with Gasteiger partial charge in [-0.05, 0) is 43.0 Å². The number of aromatic nitrogens is 1. The van der Waals surface area contributed by atoms with Crippen LogP contribution in [0, 0.1) is 5.92 Å². The maximum Gasteiger partial charge on any atom is 0.243 e. The van der Waals surface area contributed by atoms with Crippen LogP contribution in [-0.4, -0.2) is 16.8 Å². The van der Waals surface area contributed by atoms with Crippen LogP contribution in [0.4, 0.5) is 11.4 Å². The Kier molecular flexibility index (Phi) is 3.65. The summed E-state index contributed by atoms with van der Waals surface area (Å²) < 4.78 is 5.83. The first-order valence-corrected chi connectivity index (χ1v) is 8.05. The fourth-order valence-corrected chi connectivity index (χ4v) is 2.67. The van der Waals surface area contributed by atoms with Gasteiger partial charge in [0.15, 0.2) is 0 Å². The van der Waals surface area contributed by atoms with Crippen molar-refractivity contribution in [1.82, 2.24) is 4.98 Å². The van der Waals surface area contributed by atoms with Gasteiger partial charge in [-0.2, -0.15) is 0 Å². The fraction of sp³-hybridized carbons (Fsp3) is 0.278. The number of fused-ring (bicyclic) bond motifs is 1. The van der Waals surface area contributed by atoms with Gasteiger partial charge < -0.3 is 15.4 Å². The molecule has 1 fully saturated rings. The van der Waals surface area contributed by atoms with Crippen molar-refractivity contribution in [3.05, 3.63) is 42.1 Å². The molecule has 2 amide bonds. The van der Waals surface area contributed by atoms with Gasteiger partial charge in [-0.25, -0.2) is 4.98 Å². The van der Waals surface area contributed by atoms with Gasteiger partial charge in [0.05, 0.1) is 0 Å². The first kappa shape index (κ1) is 14.7. The van der Waals surface area contributed by atoms with E-state index in [1.807, 2.05) is 12.1 Å². The highest BCUT2D eigenvalue weighted by molar-refractivity contribution is 5.95. The number of hydrogen-bond donors (Lipinski definition) is 2. The molecule has 1 aliphatic carbocycles. The predicted octanol–water partition coefficient (Wildman–Crippen LogP) is 3.11. The van der Waals surface area contributed by atoms with E-state index in [-0.39, 0.29) is 17.7 Å². The van der Waals surface area contributed by atoms with Gasteiger partial charge in [-0.15, -0.1) is 0 Å². The molecule has 6 nitrogen and oxygen atoms in total. The number of rotatable bonds is 4. The number of carbonyl (C=O) groups excluding carboxylic acids is 2. The van der Waals surface area contributed by atoms with E-state index >= 15 is 0 Å². The zero-order valence-electron chi connectivity index (χ0n) is 13.0. The molecule has 1 saturated carbocycles. The van der Waals surface area contributed by atoms with Crippen molar-refractivity contribution < 1.29 is 14.3 Å². The Hall–Kier alpha value is -2.89. The second-order valence-corrected chi connectivity index (χ2v) is 6.09. The largest absolute Gasteiger partial charge is 0.437 e. The van der Waals surface area contributed by atoms with Crippen molar-refractivity contribution in [3.63, 3.8) is 0 Å². The van der Waals surface area contributed by atoms with Crippen LogP contribution in [-0.2, 0) is 16.0 Å². The van der Waals surface area contributed by atoms with Crippen LogP contribution in [0.3, 0.4) is 0 Å². The van der Waals surface area contributed by atoms with Gasteiger partial charge in [-0.3, -0.25) is 9.59 Å². The smallest absolute Gasteiger partial charge is 0.243 e. The summed E-state index contributed by atoms with van der Waals surface area (Å²) in [7, 11) is 0. The third-order valence-electron chi connectivity index (χ3n) is 4.17. The Morgan fingerprint density at radius 2 is 2.12 bits per heavy atom. The highest BCUT2D eigenvalue weighted by Gasteiger charge is 2.30. The lowest BCUT2D eigenvalue weighted by atomic mass is 10.0. The van der Waals surface area contributed by atoms with Gasteiger partial charge in [0.25, 0.3) is 0 Å². The first-order chi connectivity index (χ1) is 11.7. The number of anilines is 2. The third kappa shape index (κ3) is 3.08. The minimum atomic E-state index is 0.00514. The lowest BCUT2D eigenvalue weighted by Crippen LogP contribution is -2.18. The van der Waals surface area contributed by atoms with Crippen molar-refractivity contribution in [2.24, 2.45) is 5.92 Å². The van der Waals surface area contributed by atoms with Gasteiger partial charge in [0.2, 0.25) is 17.7 Å². The molecule has 2 aliphatic rings. The lowest BCUT2D eigenvalue weighted by Gasteiger charge is -2.18. The summed E-state index contributed by atoms with van der Waals surface area (Å²) >= 11 is 0. The van der Waals surface area contributed by atoms with E-state index < -0.39 is 0 Å². The van der Waals surface area contributed by atoms with Crippen LogP contribution >= 0.6 is 0 Å². The van der Waals surface area contributed by atoms with E-state index in [4.69, 9.17) is 4.74 Å². The van der Waals surface area contributed by atoms with Gasteiger partial charge in [-0.1, -0.05) is 6.07 Å². The number of amides is 2. The summed E-state index contributed by atoms with van der Waals surface area (Å²) in [4.78, 5) is 27.7. The lowest BCUT2D eigenvalue weighted by molar-refractivity contribution is -0.117. The molecule has 0 bridgehead atoms. The minimum absolute atomic E-state index is 0.00514. The number of benzene rings is 1. The molecule has 0 unspecified atom stereocenters. The number of ether oxygens (including phenoxy) is 1. The molecular weight excluding hydrogens is 306 g/mol. The monoisotopic (exact) mass is 323 g/mol. The zero-order valence-corrected chi connectivity index (χ0v) is 13.0. The van der Waals surface area contributed by atoms with E-state index in [9.17, 15) is 9.59 Å². The molecule has 1 aromatic carbocycles. The summed E-state index contributed by atoms with van der Waals surface area (Å²) in [5.74, 6) is 1.03. The zero-order chi connectivity index (χ0) is 16.5. The Morgan fingerprint density at radius 3 is 2.96 bits per heavy atom. The molecule has 0 spiro atoms. The molecule has 2 aromatic rings. The van der Waals surface area contributed by atoms with E-state index in [0.29, 0.717) is 23.7 Å². The summed E-state index contributed by atoms with van der Waals surface area (Å²) in [6.07, 6.45) is 4.72. The van der Waals surface area contributed by atoms with Crippen molar-refractivity contribution >= 4 is 23.2 Å². The standard InChI is InChI=1S/C18H17N3O3/c22-16-8-6-11-5-7-13(10-15(11)20-16)24-18-14(2-1-9-19-18)21-17(23)12-3-4-12/h1-2,5,7,9-10,12H,3-4,6,8H2,(H,20,22)(H,21,23). The molecule has 6 heteroatoms. The Morgan fingerprint density at radius 1 is 1.25 bits per heavy atom. The molecule has 1 aliphatic heterocycles. The number of aryl methyl sites for hydroxylation is 1. The Bertz CT molecular complexity index is 815. The van der Waals surface area contributed by atoms with Gasteiger partial charge >= 0.3 is 0 Å². The third-order valence-corrected chi connectivity index (χ3v) is 4.17. The fourth-order valence-electron chi connectivity index (χ4n) is 2.67. The highest BCUT2D eigenvalue weighted by Crippen LogP contribution is 2.34. The van der Waals surface area contributed by atoms with Crippen LogP contribution < -0.4 is 15.4 Å². The second-order valence-electron chi connectivity index (χ2n) is 6.09. The average Bonchev–Trinajstić information content (AvgIpc) is 3.41. The van der Waals surface area contributed by atoms with E-state index in [2.05, 4.69) is 15.6 Å². The van der Waals surface area contributed by atoms with Crippen LogP contribution in [0.2, 0.25) is 0 Å². The molecule has 24 heavy (non-hydrogen) atoms. The number of hydrogen-bond acceptors (Lipinski definition) is 4. The van der Waals surface area contributed by atoms with Gasteiger partial charge in [0, 0.05) is 30.3 Å². The molecule has 2 N–H and O–H groups in total. The van der Waals surface area contributed by atoms with E-state index in [1.54, 1.807) is 24.4 Å². The molecule has 0 radical (unpaired) electrons. The maximum absolute atomic E-state index is 12.0. The van der Waals surface area contributed by atoms with E-state index in [0.717, 1.165) is 30.5 Å². The van der Waals surface area contributed by atoms with Crippen LogP contribution in [0.1, 0.15) is 24.8 Å². The number of carbonyl (C=O) groups is 2. The Labute approximate surface area is 139 Å². The molecule has 122 valence electrons. The van der Waals surface area contributed by atoms with Crippen molar-refractivity contribution in [2.45, 2.75) is 25.7 Å². The predicted molar refractivity (Wildman–Crippen MR) is 89.1 cm³/mol. The van der Waals surface area contributed by atoms with Gasteiger partial charge in [0.1, 0.15) is 11.4 Å². The molecule has 2 heterocycles. The second kappa shape index (κ2) is 5.96. The quantitative estimate of drug-likeness (QED) is 0.906. The minimum Gasteiger partial charge on any atom is -0.437 e. The molecular formula is C18H17N3O3. The summed E-state index contributed by atoms with van der Waals surface area (Å²) in [6, 6.07) is 9.09. The van der Waals surface area contributed by atoms with Crippen molar-refractivity contribution in [2.75, 3.05) is 10.6 Å². The SMILES string of the molecule is O=C1CCc2ccc(Oc3ncccc3NC(=O)C3CC3)cc2N1. The molecule has 0 saturated heterocycles. The maximum atomic E-state index is 12.0. The number of nitrogens with one attached hydrogen (secondary N) is 2. The first-order valence-electron chi connectivity index (χ1n) is 8.05. The van der Waals surface area contributed by atoms with Crippen molar-refractivity contribution in [3.8, 4) is 11.6 Å². The van der Waals surface area contributed by atoms with E-state index in [1.165, 1.54) is 0 Å². The number of nitrogens with zero attached hydrogens (tertiary/aromatic N) is 1. The van der Waals surface area contributed by atoms with Crippen LogP contribution in [0.5, 0.6) is 11.6 Å². The summed E-state index contributed by atoms with van der Waals surface area (Å²) in [5, 5.41) is 5.71. The normalized spacial score (nSPS) is 16.1. The van der Waals surface area contributed by atoms with Crippen molar-refractivity contribution in [1.29, 1.82) is 0 Å². The molecule has 1 aromatic heterocycles. The Balaban J connectivity index is 1.56. The van der Waals surface area contributed by atoms with Crippen LogP contribution in [0.25, 0.3) is 0 Å².